The van der Waals surface area contributed by atoms with Crippen LogP contribution in [0.5, 0.6) is 0 Å². The van der Waals surface area contributed by atoms with Crippen LogP contribution in [0.25, 0.3) is 0 Å². The normalized spacial score (nSPS) is 14.0. The van der Waals surface area contributed by atoms with E-state index >= 15 is 0 Å². The van der Waals surface area contributed by atoms with Gasteiger partial charge in [0, 0.05) is 24.3 Å². The van der Waals surface area contributed by atoms with Crippen LogP contribution in [0.1, 0.15) is 49.5 Å². The van der Waals surface area contributed by atoms with Crippen LogP contribution < -0.4 is 10.2 Å². The zero-order chi connectivity index (χ0) is 21.0. The second-order valence-corrected chi connectivity index (χ2v) is 8.15. The predicted molar refractivity (Wildman–Crippen MR) is 112 cm³/mol. The molecule has 3 rings (SSSR count). The number of esters is 1. The maximum Gasteiger partial charge on any atom is 0.338 e. The van der Waals surface area contributed by atoms with Gasteiger partial charge in [-0.1, -0.05) is 39.0 Å². The molecule has 0 atom stereocenters. The Morgan fingerprint density at radius 3 is 2.45 bits per heavy atom. The van der Waals surface area contributed by atoms with Gasteiger partial charge < -0.3 is 15.0 Å². The van der Waals surface area contributed by atoms with Gasteiger partial charge in [-0.25, -0.2) is 4.79 Å². The fourth-order valence-corrected chi connectivity index (χ4v) is 3.19. The van der Waals surface area contributed by atoms with Crippen molar-refractivity contribution in [1.29, 1.82) is 0 Å². The summed E-state index contributed by atoms with van der Waals surface area (Å²) in [6, 6.07) is 14.3. The molecule has 1 saturated heterocycles. The molecule has 0 aliphatic carbocycles. The maximum absolute atomic E-state index is 12.2. The molecule has 29 heavy (non-hydrogen) atoms. The van der Waals surface area contributed by atoms with Gasteiger partial charge in [0.15, 0.2) is 6.61 Å². The van der Waals surface area contributed by atoms with E-state index in [1.165, 1.54) is 0 Å². The number of nitrogens with one attached hydrogen (secondary N) is 1. The number of nitrogens with zero attached hydrogens (tertiary/aromatic N) is 1. The lowest BCUT2D eigenvalue weighted by Gasteiger charge is -2.19. The average Bonchev–Trinajstić information content (AvgIpc) is 3.12. The standard InChI is InChI=1S/C23H26N2O4/c1-23(2,3)17-11-9-16(10-12-17)22(28)29-15-20(26)24-18-6-4-7-19(14-18)25-13-5-8-21(25)27/h4,6-7,9-12,14H,5,8,13,15H2,1-3H3,(H,24,26). The molecular formula is C23H26N2O4. The Morgan fingerprint density at radius 1 is 1.10 bits per heavy atom. The summed E-state index contributed by atoms with van der Waals surface area (Å²) < 4.78 is 5.12. The quantitative estimate of drug-likeness (QED) is 0.780. The number of hydrogen-bond acceptors (Lipinski definition) is 4. The van der Waals surface area contributed by atoms with Gasteiger partial charge in [0.2, 0.25) is 5.91 Å². The van der Waals surface area contributed by atoms with Crippen LogP contribution >= 0.6 is 0 Å². The molecule has 0 aromatic heterocycles. The Labute approximate surface area is 170 Å². The first kappa shape index (κ1) is 20.6. The van der Waals surface area contributed by atoms with Crippen molar-refractivity contribution in [2.45, 2.75) is 39.0 Å². The molecular weight excluding hydrogens is 368 g/mol. The Morgan fingerprint density at radius 2 is 1.83 bits per heavy atom. The molecule has 1 heterocycles. The van der Waals surface area contributed by atoms with Crippen molar-refractivity contribution in [3.8, 4) is 0 Å². The third kappa shape index (κ3) is 5.22. The molecule has 0 spiro atoms. The minimum absolute atomic E-state index is 0.00343. The third-order valence-corrected chi connectivity index (χ3v) is 4.84. The third-order valence-electron chi connectivity index (χ3n) is 4.84. The number of benzene rings is 2. The smallest absolute Gasteiger partial charge is 0.338 e. The average molecular weight is 394 g/mol. The number of carbonyl (C=O) groups is 3. The van der Waals surface area contributed by atoms with Gasteiger partial charge >= 0.3 is 5.97 Å². The largest absolute Gasteiger partial charge is 0.452 e. The summed E-state index contributed by atoms with van der Waals surface area (Å²) in [6.07, 6.45) is 1.38. The fraction of sp³-hybridized carbons (Fsp3) is 0.348. The predicted octanol–water partition coefficient (Wildman–Crippen LogP) is 3.91. The molecule has 2 amide bonds. The molecule has 152 valence electrons. The lowest BCUT2D eigenvalue weighted by molar-refractivity contribution is -0.119. The number of hydrogen-bond donors (Lipinski definition) is 1. The lowest BCUT2D eigenvalue weighted by atomic mass is 9.87. The molecule has 6 heteroatoms. The van der Waals surface area contributed by atoms with Crippen molar-refractivity contribution in [1.82, 2.24) is 0 Å². The number of amides is 2. The highest BCUT2D eigenvalue weighted by Crippen LogP contribution is 2.24. The van der Waals surface area contributed by atoms with Crippen molar-refractivity contribution < 1.29 is 19.1 Å². The summed E-state index contributed by atoms with van der Waals surface area (Å²) in [5, 5.41) is 2.70. The van der Waals surface area contributed by atoms with Gasteiger partial charge in [-0.3, -0.25) is 9.59 Å². The van der Waals surface area contributed by atoms with Gasteiger partial charge in [0.05, 0.1) is 5.56 Å². The first-order valence-electron chi connectivity index (χ1n) is 9.72. The summed E-state index contributed by atoms with van der Waals surface area (Å²) in [5.41, 5.74) is 2.82. The first-order valence-corrected chi connectivity index (χ1v) is 9.72. The Kier molecular flexibility index (Phi) is 6.01. The molecule has 0 radical (unpaired) electrons. The summed E-state index contributed by atoms with van der Waals surface area (Å²) in [5.74, 6) is -0.897. The van der Waals surface area contributed by atoms with Crippen molar-refractivity contribution in [3.05, 3.63) is 59.7 Å². The summed E-state index contributed by atoms with van der Waals surface area (Å²) >= 11 is 0. The van der Waals surface area contributed by atoms with Crippen molar-refractivity contribution in [2.24, 2.45) is 0 Å². The van der Waals surface area contributed by atoms with E-state index in [0.717, 1.165) is 17.7 Å². The minimum Gasteiger partial charge on any atom is -0.452 e. The van der Waals surface area contributed by atoms with E-state index in [1.807, 2.05) is 18.2 Å². The van der Waals surface area contributed by atoms with Crippen LogP contribution in [-0.4, -0.2) is 30.9 Å². The van der Waals surface area contributed by atoms with Gasteiger partial charge in [0.1, 0.15) is 0 Å². The van der Waals surface area contributed by atoms with Crippen LogP contribution in [0.2, 0.25) is 0 Å². The lowest BCUT2D eigenvalue weighted by Crippen LogP contribution is -2.24. The topological polar surface area (TPSA) is 75.7 Å². The minimum atomic E-state index is -0.544. The number of rotatable bonds is 5. The number of carbonyl (C=O) groups excluding carboxylic acids is 3. The highest BCUT2D eigenvalue weighted by molar-refractivity contribution is 5.98. The fourth-order valence-electron chi connectivity index (χ4n) is 3.19. The Balaban J connectivity index is 1.55. The molecule has 2 aromatic rings. The Hall–Kier alpha value is -3.15. The summed E-state index contributed by atoms with van der Waals surface area (Å²) in [7, 11) is 0. The summed E-state index contributed by atoms with van der Waals surface area (Å²) in [6.45, 7) is 6.59. The van der Waals surface area contributed by atoms with Crippen LogP contribution in [0.15, 0.2) is 48.5 Å². The highest BCUT2D eigenvalue weighted by atomic mass is 16.5. The van der Waals surface area contributed by atoms with E-state index in [2.05, 4.69) is 26.1 Å². The molecule has 0 bridgehead atoms. The van der Waals surface area contributed by atoms with E-state index < -0.39 is 11.9 Å². The molecule has 1 aliphatic heterocycles. The van der Waals surface area contributed by atoms with Crippen molar-refractivity contribution in [3.63, 3.8) is 0 Å². The number of anilines is 2. The van der Waals surface area contributed by atoms with Gasteiger partial charge in [-0.15, -0.1) is 0 Å². The van der Waals surface area contributed by atoms with E-state index in [4.69, 9.17) is 4.74 Å². The van der Waals surface area contributed by atoms with Crippen molar-refractivity contribution >= 4 is 29.2 Å². The van der Waals surface area contributed by atoms with Gasteiger partial charge in [-0.05, 0) is 47.7 Å². The van der Waals surface area contributed by atoms with Gasteiger partial charge in [-0.2, -0.15) is 0 Å². The second-order valence-electron chi connectivity index (χ2n) is 8.15. The van der Waals surface area contributed by atoms with E-state index in [9.17, 15) is 14.4 Å². The highest BCUT2D eigenvalue weighted by Gasteiger charge is 2.22. The van der Waals surface area contributed by atoms with Gasteiger partial charge in [0.25, 0.3) is 5.91 Å². The molecule has 0 saturated carbocycles. The molecule has 1 N–H and O–H groups in total. The molecule has 0 unspecified atom stereocenters. The van der Waals surface area contributed by atoms with E-state index in [1.54, 1.807) is 35.2 Å². The monoisotopic (exact) mass is 394 g/mol. The van der Waals surface area contributed by atoms with Crippen LogP contribution in [0, 0.1) is 0 Å². The molecule has 1 fully saturated rings. The van der Waals surface area contributed by atoms with E-state index in [0.29, 0.717) is 24.2 Å². The van der Waals surface area contributed by atoms with Crippen LogP contribution in [-0.2, 0) is 19.7 Å². The second kappa shape index (κ2) is 8.47. The maximum atomic E-state index is 12.2. The summed E-state index contributed by atoms with van der Waals surface area (Å²) in [4.78, 5) is 37.9. The molecule has 2 aromatic carbocycles. The first-order chi connectivity index (χ1) is 13.7. The molecule has 6 nitrogen and oxygen atoms in total. The van der Waals surface area contributed by atoms with E-state index in [-0.39, 0.29) is 17.9 Å². The SMILES string of the molecule is CC(C)(C)c1ccc(C(=O)OCC(=O)Nc2cccc(N3CCCC3=O)c2)cc1. The molecule has 1 aliphatic rings. The number of ether oxygens (including phenoxy) is 1. The zero-order valence-electron chi connectivity index (χ0n) is 17.0. The van der Waals surface area contributed by atoms with Crippen molar-refractivity contribution in [2.75, 3.05) is 23.4 Å². The zero-order valence-corrected chi connectivity index (χ0v) is 17.0. The van der Waals surface area contributed by atoms with Crippen LogP contribution in [0.4, 0.5) is 11.4 Å². The Bertz CT molecular complexity index is 913. The van der Waals surface area contributed by atoms with Crippen LogP contribution in [0.3, 0.4) is 0 Å².